The van der Waals surface area contributed by atoms with E-state index in [0.29, 0.717) is 18.2 Å². The zero-order chi connectivity index (χ0) is 25.1. The van der Waals surface area contributed by atoms with E-state index in [1.807, 2.05) is 17.0 Å². The van der Waals surface area contributed by atoms with Gasteiger partial charge in [0.15, 0.2) is 5.67 Å². The van der Waals surface area contributed by atoms with Crippen LogP contribution in [0, 0.1) is 5.92 Å². The van der Waals surface area contributed by atoms with Crippen molar-refractivity contribution in [2.24, 2.45) is 5.92 Å². The molecule has 2 fully saturated rings. The summed E-state index contributed by atoms with van der Waals surface area (Å²) < 4.78 is 68.0. The number of carboxylic acid groups (broad SMARTS) is 1. The van der Waals surface area contributed by atoms with Gasteiger partial charge >= 0.3 is 12.1 Å². The van der Waals surface area contributed by atoms with Crippen LogP contribution in [0.5, 0.6) is 5.75 Å². The summed E-state index contributed by atoms with van der Waals surface area (Å²) in [5.74, 6) is -2.40. The van der Waals surface area contributed by atoms with Crippen LogP contribution in [-0.4, -0.2) is 77.6 Å². The predicted molar refractivity (Wildman–Crippen MR) is 113 cm³/mol. The fourth-order valence-electron chi connectivity index (χ4n) is 4.68. The predicted octanol–water partition coefficient (Wildman–Crippen LogP) is 3.76. The van der Waals surface area contributed by atoms with E-state index in [-0.39, 0.29) is 26.2 Å². The molecule has 3 atom stereocenters. The van der Waals surface area contributed by atoms with E-state index in [9.17, 15) is 18.0 Å². The minimum absolute atomic E-state index is 0.00986. The van der Waals surface area contributed by atoms with Gasteiger partial charge in [0.1, 0.15) is 5.75 Å². The van der Waals surface area contributed by atoms with Crippen LogP contribution in [0.15, 0.2) is 36.4 Å². The maximum absolute atomic E-state index is 15.5. The molecule has 1 aromatic rings. The number of methoxy groups -OCH3 is 1. The molecule has 2 heterocycles. The van der Waals surface area contributed by atoms with Gasteiger partial charge < -0.3 is 14.7 Å². The number of likely N-dealkylation sites (tertiary alicyclic amines) is 2. The lowest BCUT2D eigenvalue weighted by atomic mass is 9.93. The highest BCUT2D eigenvalue weighted by Crippen LogP contribution is 2.46. The van der Waals surface area contributed by atoms with E-state index in [1.54, 1.807) is 19.2 Å². The number of halogens is 5. The molecule has 34 heavy (non-hydrogen) atoms. The summed E-state index contributed by atoms with van der Waals surface area (Å²) in [7, 11) is 1.56. The number of carbonyl (C=O) groups is 2. The highest BCUT2D eigenvalue weighted by atomic mass is 19.4. The Hall–Kier alpha value is -2.69. The van der Waals surface area contributed by atoms with Crippen molar-refractivity contribution in [2.75, 3.05) is 33.3 Å². The summed E-state index contributed by atoms with van der Waals surface area (Å²) in [6.45, 7) is 0.507. The smallest absolute Gasteiger partial charge is 0.490 e. The van der Waals surface area contributed by atoms with Crippen LogP contribution in [0.1, 0.15) is 24.8 Å². The molecule has 1 aliphatic carbocycles. The van der Waals surface area contributed by atoms with Gasteiger partial charge in [0.05, 0.1) is 13.7 Å². The molecule has 3 aliphatic rings. The Balaban J connectivity index is 0.000000406. The average Bonchev–Trinajstić information content (AvgIpc) is 3.12. The molecule has 0 aromatic heterocycles. The van der Waals surface area contributed by atoms with Crippen molar-refractivity contribution in [3.8, 4) is 5.75 Å². The lowest BCUT2D eigenvalue weighted by molar-refractivity contribution is -0.192. The van der Waals surface area contributed by atoms with E-state index in [1.165, 1.54) is 4.90 Å². The number of hydrogen-bond donors (Lipinski definition) is 1. The second-order valence-corrected chi connectivity index (χ2v) is 8.90. The molecule has 0 spiro atoms. The van der Waals surface area contributed by atoms with Crippen molar-refractivity contribution in [3.63, 3.8) is 0 Å². The molecular weight excluding hydrogens is 463 g/mol. The van der Waals surface area contributed by atoms with Crippen LogP contribution in [0.2, 0.25) is 0 Å². The van der Waals surface area contributed by atoms with Gasteiger partial charge in [0.25, 0.3) is 5.91 Å². The fourth-order valence-corrected chi connectivity index (χ4v) is 4.68. The molecule has 0 unspecified atom stereocenters. The van der Waals surface area contributed by atoms with Gasteiger partial charge in [-0.2, -0.15) is 13.2 Å². The zero-order valence-corrected chi connectivity index (χ0v) is 18.7. The first-order valence-electron chi connectivity index (χ1n) is 10.9. The molecule has 188 valence electrons. The number of ether oxygens (including phenoxy) is 1. The van der Waals surface area contributed by atoms with Crippen molar-refractivity contribution in [2.45, 2.75) is 43.3 Å². The number of benzene rings is 1. The first kappa shape index (κ1) is 25.9. The summed E-state index contributed by atoms with van der Waals surface area (Å²) in [6, 6.07) is 7.24. The number of aliphatic carboxylic acids is 1. The Kier molecular flexibility index (Phi) is 7.54. The minimum atomic E-state index is -5.08. The van der Waals surface area contributed by atoms with E-state index in [2.05, 4.69) is 12.2 Å². The summed E-state index contributed by atoms with van der Waals surface area (Å²) in [5.41, 5.74) is -3.76. The molecule has 1 N–H and O–H groups in total. The maximum Gasteiger partial charge on any atom is 0.490 e. The second-order valence-electron chi connectivity index (χ2n) is 8.90. The van der Waals surface area contributed by atoms with Crippen LogP contribution in [0.4, 0.5) is 22.0 Å². The second kappa shape index (κ2) is 9.89. The lowest BCUT2D eigenvalue weighted by Gasteiger charge is -2.26. The van der Waals surface area contributed by atoms with Gasteiger partial charge in [-0.25, -0.2) is 13.6 Å². The Morgan fingerprint density at radius 2 is 1.91 bits per heavy atom. The van der Waals surface area contributed by atoms with Crippen molar-refractivity contribution >= 4 is 11.9 Å². The third kappa shape index (κ3) is 5.51. The number of nitrogens with zero attached hydrogens (tertiary/aromatic N) is 2. The SMILES string of the molecule is COc1cccc(CN2C[C@@]3(F)CN(C[C@@H]4CC=CCC4)C[C@@]3(F)C2=O)c1.O=C(O)C(F)(F)F. The molecule has 4 rings (SSSR count). The van der Waals surface area contributed by atoms with Crippen LogP contribution in [-0.2, 0) is 16.1 Å². The average molecular weight is 490 g/mol. The number of alkyl halides is 5. The molecule has 2 saturated heterocycles. The molecule has 1 aromatic carbocycles. The van der Waals surface area contributed by atoms with Crippen molar-refractivity contribution in [3.05, 3.63) is 42.0 Å². The van der Waals surface area contributed by atoms with Crippen LogP contribution in [0.25, 0.3) is 0 Å². The Morgan fingerprint density at radius 1 is 1.21 bits per heavy atom. The summed E-state index contributed by atoms with van der Waals surface area (Å²) >= 11 is 0. The van der Waals surface area contributed by atoms with E-state index >= 15 is 8.78 Å². The highest BCUT2D eigenvalue weighted by Gasteiger charge is 2.70. The van der Waals surface area contributed by atoms with Gasteiger partial charge in [0, 0.05) is 26.2 Å². The number of fused-ring (bicyclic) bond motifs is 1. The van der Waals surface area contributed by atoms with Crippen LogP contribution in [0.3, 0.4) is 0 Å². The first-order valence-corrected chi connectivity index (χ1v) is 10.9. The number of amides is 1. The number of carboxylic acids is 1. The lowest BCUT2D eigenvalue weighted by Crippen LogP contribution is -2.47. The number of allylic oxidation sites excluding steroid dienone is 2. The molecular formula is C23H27F5N2O4. The number of carbonyl (C=O) groups excluding carboxylic acids is 1. The number of hydrogen-bond acceptors (Lipinski definition) is 4. The third-order valence-electron chi connectivity index (χ3n) is 6.34. The summed E-state index contributed by atoms with van der Waals surface area (Å²) in [4.78, 5) is 24.8. The third-order valence-corrected chi connectivity index (χ3v) is 6.34. The molecule has 0 radical (unpaired) electrons. The quantitative estimate of drug-likeness (QED) is 0.503. The molecule has 1 amide bonds. The van der Waals surface area contributed by atoms with Crippen molar-refractivity contribution in [1.29, 1.82) is 0 Å². The van der Waals surface area contributed by atoms with Gasteiger partial charge in [-0.05, 0) is 42.9 Å². The number of rotatable bonds is 5. The standard InChI is InChI=1S/C21H26F2N2O2.C2HF3O2/c1-27-18-9-5-8-17(10-18)12-25-14-20(22)13-24(15-21(20,23)19(25)26)11-16-6-3-2-4-7-16;3-2(4,5)1(6)7/h2-3,5,8-10,16H,4,6-7,11-15H2,1H3;(H,6,7)/t16-,20+,21-;/m1./s1. The van der Waals surface area contributed by atoms with Crippen molar-refractivity contribution in [1.82, 2.24) is 9.80 Å². The van der Waals surface area contributed by atoms with Crippen LogP contribution < -0.4 is 4.74 Å². The maximum atomic E-state index is 15.5. The Bertz CT molecular complexity index is 940. The molecule has 0 bridgehead atoms. The Labute approximate surface area is 194 Å². The van der Waals surface area contributed by atoms with Gasteiger partial charge in [-0.15, -0.1) is 0 Å². The molecule has 6 nitrogen and oxygen atoms in total. The molecule has 2 aliphatic heterocycles. The van der Waals surface area contributed by atoms with E-state index < -0.39 is 29.4 Å². The van der Waals surface area contributed by atoms with E-state index in [0.717, 1.165) is 24.8 Å². The van der Waals surface area contributed by atoms with Crippen LogP contribution >= 0.6 is 0 Å². The van der Waals surface area contributed by atoms with Crippen molar-refractivity contribution < 1.29 is 41.4 Å². The Morgan fingerprint density at radius 3 is 2.47 bits per heavy atom. The summed E-state index contributed by atoms with van der Waals surface area (Å²) in [6.07, 6.45) is 2.23. The highest BCUT2D eigenvalue weighted by molar-refractivity contribution is 5.90. The zero-order valence-electron chi connectivity index (χ0n) is 18.7. The first-order chi connectivity index (χ1) is 15.9. The normalized spacial score (nSPS) is 28.9. The van der Waals surface area contributed by atoms with Gasteiger partial charge in [0.2, 0.25) is 5.67 Å². The fraction of sp³-hybridized carbons (Fsp3) is 0.565. The molecule has 11 heteroatoms. The monoisotopic (exact) mass is 490 g/mol. The summed E-state index contributed by atoms with van der Waals surface area (Å²) in [5, 5.41) is 7.12. The largest absolute Gasteiger partial charge is 0.497 e. The van der Waals surface area contributed by atoms with E-state index in [4.69, 9.17) is 14.6 Å². The van der Waals surface area contributed by atoms with Gasteiger partial charge in [-0.3, -0.25) is 9.69 Å². The molecule has 0 saturated carbocycles. The minimum Gasteiger partial charge on any atom is -0.497 e. The topological polar surface area (TPSA) is 70.1 Å². The van der Waals surface area contributed by atoms with Gasteiger partial charge in [-0.1, -0.05) is 24.3 Å².